The lowest BCUT2D eigenvalue weighted by atomic mass is 10.1. The van der Waals surface area contributed by atoms with Crippen molar-refractivity contribution in [1.82, 2.24) is 9.80 Å². The third-order valence-corrected chi connectivity index (χ3v) is 4.12. The fourth-order valence-electron chi connectivity index (χ4n) is 2.73. The van der Waals surface area contributed by atoms with Crippen LogP contribution in [0.15, 0.2) is 18.2 Å². The normalized spacial score (nSPS) is 20.8. The summed E-state index contributed by atoms with van der Waals surface area (Å²) >= 11 is 5.99. The van der Waals surface area contributed by atoms with Gasteiger partial charge in [-0.2, -0.15) is 0 Å². The van der Waals surface area contributed by atoms with E-state index in [9.17, 15) is 4.79 Å². The minimum atomic E-state index is -0.00727. The maximum atomic E-state index is 12.8. The maximum absolute atomic E-state index is 12.8. The Balaban J connectivity index is 2.27. The number of benzene rings is 1. The number of anilines is 1. The van der Waals surface area contributed by atoms with Crippen LogP contribution in [-0.2, 0) is 0 Å². The fourth-order valence-corrected chi connectivity index (χ4v) is 2.90. The minimum Gasteiger partial charge on any atom is -0.398 e. The smallest absolute Gasteiger partial charge is 0.256 e. The Morgan fingerprint density at radius 2 is 2.20 bits per heavy atom. The van der Waals surface area contributed by atoms with Crippen LogP contribution in [0.1, 0.15) is 30.1 Å². The number of rotatable bonds is 2. The molecule has 0 aliphatic carbocycles. The summed E-state index contributed by atoms with van der Waals surface area (Å²) in [4.78, 5) is 17.0. The number of carbonyl (C=O) groups is 1. The van der Waals surface area contributed by atoms with Crippen LogP contribution in [0.25, 0.3) is 0 Å². The van der Waals surface area contributed by atoms with E-state index in [0.29, 0.717) is 16.3 Å². The largest absolute Gasteiger partial charge is 0.398 e. The molecule has 1 amide bonds. The maximum Gasteiger partial charge on any atom is 0.256 e. The average Bonchev–Trinajstić information content (AvgIpc) is 2.62. The van der Waals surface area contributed by atoms with Crippen LogP contribution in [0, 0.1) is 0 Å². The molecule has 0 spiro atoms. The molecule has 1 aliphatic heterocycles. The van der Waals surface area contributed by atoms with Gasteiger partial charge in [-0.3, -0.25) is 4.79 Å². The molecule has 110 valence electrons. The van der Waals surface area contributed by atoms with Crippen LogP contribution in [0.2, 0.25) is 5.02 Å². The molecule has 2 N–H and O–H groups in total. The molecule has 5 heteroatoms. The van der Waals surface area contributed by atoms with Gasteiger partial charge in [-0.05, 0) is 44.6 Å². The Morgan fingerprint density at radius 3 is 2.90 bits per heavy atom. The molecule has 1 unspecified atom stereocenters. The van der Waals surface area contributed by atoms with Crippen molar-refractivity contribution in [2.24, 2.45) is 0 Å². The van der Waals surface area contributed by atoms with Crippen molar-refractivity contribution in [3.63, 3.8) is 0 Å². The van der Waals surface area contributed by atoms with E-state index in [1.54, 1.807) is 18.2 Å². The van der Waals surface area contributed by atoms with Crippen LogP contribution < -0.4 is 5.73 Å². The highest BCUT2D eigenvalue weighted by atomic mass is 35.5. The monoisotopic (exact) mass is 295 g/mol. The Kier molecular flexibility index (Phi) is 4.89. The van der Waals surface area contributed by atoms with Crippen molar-refractivity contribution in [2.75, 3.05) is 32.4 Å². The highest BCUT2D eigenvalue weighted by molar-refractivity contribution is 6.31. The molecule has 0 radical (unpaired) electrons. The third kappa shape index (κ3) is 3.25. The van der Waals surface area contributed by atoms with E-state index in [1.165, 1.54) is 0 Å². The van der Waals surface area contributed by atoms with Crippen LogP contribution in [0.4, 0.5) is 5.69 Å². The topological polar surface area (TPSA) is 49.6 Å². The second-order valence-electron chi connectivity index (χ2n) is 5.41. The van der Waals surface area contributed by atoms with E-state index >= 15 is 0 Å². The number of hydrogen-bond acceptors (Lipinski definition) is 3. The number of halogens is 1. The lowest BCUT2D eigenvalue weighted by Gasteiger charge is -2.30. The molecular formula is C15H22ClN3O. The summed E-state index contributed by atoms with van der Waals surface area (Å²) in [6, 6.07) is 5.30. The van der Waals surface area contributed by atoms with Gasteiger partial charge in [0.25, 0.3) is 5.91 Å². The van der Waals surface area contributed by atoms with E-state index in [-0.39, 0.29) is 11.9 Å². The number of hydrogen-bond donors (Lipinski definition) is 1. The zero-order valence-electron chi connectivity index (χ0n) is 12.1. The number of nitrogens with zero attached hydrogens (tertiary/aromatic N) is 2. The first kappa shape index (κ1) is 15.1. The molecule has 1 saturated heterocycles. The molecular weight excluding hydrogens is 274 g/mol. The van der Waals surface area contributed by atoms with Crippen molar-refractivity contribution in [3.05, 3.63) is 28.8 Å². The predicted octanol–water partition coefficient (Wildman–Crippen LogP) is 2.48. The Hall–Kier alpha value is -1.26. The number of carbonyl (C=O) groups excluding carboxylic acids is 1. The highest BCUT2D eigenvalue weighted by Crippen LogP contribution is 2.22. The SMILES string of the molecule is CCC1CN(C)CCCN1C(=O)c1cc(Cl)ccc1N. The molecule has 1 aromatic carbocycles. The van der Waals surface area contributed by atoms with Gasteiger partial charge < -0.3 is 15.5 Å². The summed E-state index contributed by atoms with van der Waals surface area (Å²) in [6.07, 6.45) is 1.93. The average molecular weight is 296 g/mol. The van der Waals surface area contributed by atoms with Crippen LogP contribution in [0.3, 0.4) is 0 Å². The molecule has 0 bridgehead atoms. The molecule has 1 heterocycles. The number of nitrogens with two attached hydrogens (primary N) is 1. The van der Waals surface area contributed by atoms with E-state index in [4.69, 9.17) is 17.3 Å². The van der Waals surface area contributed by atoms with Crippen molar-refractivity contribution >= 4 is 23.2 Å². The van der Waals surface area contributed by atoms with Crippen molar-refractivity contribution < 1.29 is 4.79 Å². The summed E-state index contributed by atoms with van der Waals surface area (Å²) in [5.41, 5.74) is 6.94. The van der Waals surface area contributed by atoms with Gasteiger partial charge in [0.15, 0.2) is 0 Å². The summed E-state index contributed by atoms with van der Waals surface area (Å²) in [5.74, 6) is -0.00727. The van der Waals surface area contributed by atoms with Gasteiger partial charge in [0.2, 0.25) is 0 Å². The van der Waals surface area contributed by atoms with E-state index < -0.39 is 0 Å². The van der Waals surface area contributed by atoms with Gasteiger partial charge in [-0.1, -0.05) is 18.5 Å². The molecule has 0 aromatic heterocycles. The number of amides is 1. The van der Waals surface area contributed by atoms with Crippen LogP contribution in [0.5, 0.6) is 0 Å². The number of nitrogen functional groups attached to an aromatic ring is 1. The molecule has 20 heavy (non-hydrogen) atoms. The third-order valence-electron chi connectivity index (χ3n) is 3.88. The van der Waals surface area contributed by atoms with Crippen molar-refractivity contribution in [2.45, 2.75) is 25.8 Å². The lowest BCUT2D eigenvalue weighted by Crippen LogP contribution is -2.43. The van der Waals surface area contributed by atoms with Gasteiger partial charge in [0, 0.05) is 29.8 Å². The first-order valence-electron chi connectivity index (χ1n) is 7.07. The van der Waals surface area contributed by atoms with Crippen LogP contribution >= 0.6 is 11.6 Å². The van der Waals surface area contributed by atoms with E-state index in [0.717, 1.165) is 32.5 Å². The molecule has 2 rings (SSSR count). The number of likely N-dealkylation sites (N-methyl/N-ethyl adjacent to an activating group) is 1. The molecule has 1 aliphatic rings. The van der Waals surface area contributed by atoms with Gasteiger partial charge >= 0.3 is 0 Å². The lowest BCUT2D eigenvalue weighted by molar-refractivity contribution is 0.0677. The second-order valence-corrected chi connectivity index (χ2v) is 5.84. The second kappa shape index (κ2) is 6.46. The summed E-state index contributed by atoms with van der Waals surface area (Å²) in [7, 11) is 2.10. The van der Waals surface area contributed by atoms with Crippen molar-refractivity contribution in [3.8, 4) is 0 Å². The quantitative estimate of drug-likeness (QED) is 0.853. The highest BCUT2D eigenvalue weighted by Gasteiger charge is 2.27. The zero-order valence-corrected chi connectivity index (χ0v) is 12.9. The first-order valence-corrected chi connectivity index (χ1v) is 7.45. The fraction of sp³-hybridized carbons (Fsp3) is 0.533. The predicted molar refractivity (Wildman–Crippen MR) is 83.1 cm³/mol. The summed E-state index contributed by atoms with van der Waals surface area (Å²) in [5, 5.41) is 0.544. The molecule has 4 nitrogen and oxygen atoms in total. The van der Waals surface area contributed by atoms with E-state index in [1.807, 2.05) is 4.90 Å². The minimum absolute atomic E-state index is 0.00727. The summed E-state index contributed by atoms with van der Waals surface area (Å²) < 4.78 is 0. The Bertz CT molecular complexity index is 492. The van der Waals surface area contributed by atoms with Gasteiger partial charge in [-0.25, -0.2) is 0 Å². The molecule has 1 atom stereocenters. The van der Waals surface area contributed by atoms with Gasteiger partial charge in [0.1, 0.15) is 0 Å². The first-order chi connectivity index (χ1) is 9.52. The standard InChI is InChI=1S/C15H22ClN3O/c1-3-12-10-18(2)7-4-8-19(12)15(20)13-9-11(16)5-6-14(13)17/h5-6,9,12H,3-4,7-8,10,17H2,1-2H3. The molecule has 1 aromatic rings. The summed E-state index contributed by atoms with van der Waals surface area (Å²) in [6.45, 7) is 4.81. The van der Waals surface area contributed by atoms with Gasteiger partial charge in [-0.15, -0.1) is 0 Å². The zero-order chi connectivity index (χ0) is 14.7. The Morgan fingerprint density at radius 1 is 1.45 bits per heavy atom. The molecule has 0 saturated carbocycles. The van der Waals surface area contributed by atoms with E-state index in [2.05, 4.69) is 18.9 Å². The van der Waals surface area contributed by atoms with Crippen molar-refractivity contribution in [1.29, 1.82) is 0 Å². The molecule has 1 fully saturated rings. The van der Waals surface area contributed by atoms with Gasteiger partial charge in [0.05, 0.1) is 5.56 Å². The van der Waals surface area contributed by atoms with Crippen LogP contribution in [-0.4, -0.2) is 48.4 Å². The Labute approximate surface area is 125 Å².